The van der Waals surface area contributed by atoms with Crippen molar-refractivity contribution in [2.45, 2.75) is 25.9 Å². The van der Waals surface area contributed by atoms with E-state index < -0.39 is 6.04 Å². The molecule has 0 aliphatic heterocycles. The van der Waals surface area contributed by atoms with Gasteiger partial charge in [-0.15, -0.1) is 0 Å². The number of aryl methyl sites for hydroxylation is 1. The molecule has 0 aliphatic carbocycles. The molecule has 0 fully saturated rings. The van der Waals surface area contributed by atoms with Crippen LogP contribution in [0.5, 0.6) is 5.75 Å². The van der Waals surface area contributed by atoms with Crippen LogP contribution in [0.3, 0.4) is 0 Å². The van der Waals surface area contributed by atoms with Gasteiger partial charge in [-0.1, -0.05) is 77.3 Å². The van der Waals surface area contributed by atoms with Gasteiger partial charge in [-0.2, -0.15) is 0 Å². The van der Waals surface area contributed by atoms with Crippen molar-refractivity contribution in [3.8, 4) is 5.75 Å². The molecule has 0 saturated carbocycles. The average molecular weight is 485 g/mol. The minimum absolute atomic E-state index is 0.0690. The van der Waals surface area contributed by atoms with Crippen LogP contribution < -0.4 is 10.1 Å². The number of amides is 2. The van der Waals surface area contributed by atoms with Gasteiger partial charge in [0.25, 0.3) is 5.91 Å². The maximum atomic E-state index is 13.4. The van der Waals surface area contributed by atoms with Crippen LogP contribution in [0.1, 0.15) is 16.7 Å². The molecule has 0 radical (unpaired) electrons. The number of benzene rings is 3. The van der Waals surface area contributed by atoms with Crippen molar-refractivity contribution in [1.29, 1.82) is 0 Å². The van der Waals surface area contributed by atoms with E-state index in [9.17, 15) is 9.59 Å². The summed E-state index contributed by atoms with van der Waals surface area (Å²) in [5.41, 5.74) is 2.59. The van der Waals surface area contributed by atoms with E-state index in [1.807, 2.05) is 49.4 Å². The lowest BCUT2D eigenvalue weighted by molar-refractivity contribution is -0.142. The first-order valence-electron chi connectivity index (χ1n) is 10.6. The Morgan fingerprint density at radius 1 is 0.939 bits per heavy atom. The summed E-state index contributed by atoms with van der Waals surface area (Å²) in [5, 5.41) is 3.53. The van der Waals surface area contributed by atoms with Gasteiger partial charge in [-0.25, -0.2) is 0 Å². The number of rotatable bonds is 9. The quantitative estimate of drug-likeness (QED) is 0.461. The first-order valence-corrected chi connectivity index (χ1v) is 11.3. The number of carbonyl (C=O) groups is 2. The van der Waals surface area contributed by atoms with Gasteiger partial charge in [-0.05, 0) is 36.8 Å². The molecule has 2 amide bonds. The Kier molecular flexibility index (Phi) is 8.75. The average Bonchev–Trinajstić information content (AvgIpc) is 2.82. The lowest BCUT2D eigenvalue weighted by atomic mass is 10.0. The molecule has 0 spiro atoms. The third kappa shape index (κ3) is 6.73. The van der Waals surface area contributed by atoms with Crippen molar-refractivity contribution in [1.82, 2.24) is 10.2 Å². The molecular weight excluding hydrogens is 459 g/mol. The van der Waals surface area contributed by atoms with Crippen molar-refractivity contribution in [3.05, 3.63) is 99.5 Å². The second kappa shape index (κ2) is 11.7. The van der Waals surface area contributed by atoms with Crippen LogP contribution in [0, 0.1) is 6.92 Å². The molecule has 3 aromatic carbocycles. The van der Waals surface area contributed by atoms with Crippen LogP contribution in [0.25, 0.3) is 0 Å². The van der Waals surface area contributed by atoms with Crippen molar-refractivity contribution in [3.63, 3.8) is 0 Å². The molecule has 1 N–H and O–H groups in total. The van der Waals surface area contributed by atoms with Gasteiger partial charge in [-0.3, -0.25) is 9.59 Å². The molecule has 0 aliphatic rings. The van der Waals surface area contributed by atoms with Crippen LogP contribution in [0.4, 0.5) is 0 Å². The number of nitrogens with one attached hydrogen (secondary N) is 1. The molecule has 0 bridgehead atoms. The molecule has 5 nitrogen and oxygen atoms in total. The van der Waals surface area contributed by atoms with E-state index >= 15 is 0 Å². The minimum Gasteiger partial charge on any atom is -0.484 e. The van der Waals surface area contributed by atoms with Crippen LogP contribution in [0.2, 0.25) is 10.0 Å². The van der Waals surface area contributed by atoms with Crippen LogP contribution >= 0.6 is 23.2 Å². The van der Waals surface area contributed by atoms with E-state index in [1.54, 1.807) is 37.4 Å². The van der Waals surface area contributed by atoms with Gasteiger partial charge in [0.15, 0.2) is 6.61 Å². The number of hydrogen-bond donors (Lipinski definition) is 1. The smallest absolute Gasteiger partial charge is 0.261 e. The molecular formula is C26H26Cl2N2O3. The van der Waals surface area contributed by atoms with Gasteiger partial charge in [0.2, 0.25) is 5.91 Å². The Labute approximate surface area is 204 Å². The molecule has 3 aromatic rings. The lowest BCUT2D eigenvalue weighted by Crippen LogP contribution is -2.51. The number of hydrogen-bond acceptors (Lipinski definition) is 3. The van der Waals surface area contributed by atoms with Crippen molar-refractivity contribution in [2.75, 3.05) is 13.7 Å². The van der Waals surface area contributed by atoms with Crippen molar-refractivity contribution < 1.29 is 14.3 Å². The molecule has 0 heterocycles. The largest absolute Gasteiger partial charge is 0.484 e. The Hall–Kier alpha value is -3.02. The highest BCUT2D eigenvalue weighted by Crippen LogP contribution is 2.27. The minimum atomic E-state index is -0.779. The summed E-state index contributed by atoms with van der Waals surface area (Å²) in [4.78, 5) is 27.8. The summed E-state index contributed by atoms with van der Waals surface area (Å²) in [6.07, 6.45) is 0.332. The van der Waals surface area contributed by atoms with E-state index in [0.717, 1.165) is 11.1 Å². The second-order valence-corrected chi connectivity index (χ2v) is 8.46. The van der Waals surface area contributed by atoms with Gasteiger partial charge >= 0.3 is 0 Å². The molecule has 33 heavy (non-hydrogen) atoms. The van der Waals surface area contributed by atoms with Gasteiger partial charge in [0.1, 0.15) is 11.8 Å². The zero-order valence-electron chi connectivity index (χ0n) is 18.6. The first kappa shape index (κ1) is 24.6. The zero-order valence-corrected chi connectivity index (χ0v) is 20.1. The molecule has 0 unspecified atom stereocenters. The van der Waals surface area contributed by atoms with Gasteiger partial charge in [0, 0.05) is 35.6 Å². The van der Waals surface area contributed by atoms with E-state index in [1.165, 1.54) is 4.90 Å². The molecule has 7 heteroatoms. The van der Waals surface area contributed by atoms with Crippen molar-refractivity contribution >= 4 is 35.0 Å². The predicted molar refractivity (Wildman–Crippen MR) is 132 cm³/mol. The third-order valence-corrected chi connectivity index (χ3v) is 6.00. The van der Waals surface area contributed by atoms with Crippen LogP contribution in [-0.2, 0) is 22.6 Å². The summed E-state index contributed by atoms with van der Waals surface area (Å²) >= 11 is 12.8. The summed E-state index contributed by atoms with van der Waals surface area (Å²) in [6, 6.07) is 21.3. The van der Waals surface area contributed by atoms with Gasteiger partial charge < -0.3 is 15.0 Å². The van der Waals surface area contributed by atoms with E-state index in [0.29, 0.717) is 27.8 Å². The molecule has 0 aromatic heterocycles. The maximum Gasteiger partial charge on any atom is 0.261 e. The maximum absolute atomic E-state index is 13.4. The molecule has 0 saturated heterocycles. The Morgan fingerprint density at radius 2 is 1.58 bits per heavy atom. The molecule has 1 atom stereocenters. The summed E-state index contributed by atoms with van der Waals surface area (Å²) in [6.45, 7) is 1.81. The second-order valence-electron chi connectivity index (χ2n) is 7.64. The third-order valence-electron chi connectivity index (χ3n) is 5.29. The number of halogens is 2. The lowest BCUT2D eigenvalue weighted by Gasteiger charge is -2.31. The van der Waals surface area contributed by atoms with E-state index in [-0.39, 0.29) is 25.0 Å². The highest BCUT2D eigenvalue weighted by molar-refractivity contribution is 6.36. The highest BCUT2D eigenvalue weighted by atomic mass is 35.5. The fourth-order valence-corrected chi connectivity index (χ4v) is 3.95. The topological polar surface area (TPSA) is 58.6 Å². The Morgan fingerprint density at radius 3 is 2.18 bits per heavy atom. The summed E-state index contributed by atoms with van der Waals surface area (Å²) < 4.78 is 5.73. The van der Waals surface area contributed by atoms with E-state index in [4.69, 9.17) is 27.9 Å². The fourth-order valence-electron chi connectivity index (χ4n) is 3.44. The normalized spacial score (nSPS) is 11.5. The summed E-state index contributed by atoms with van der Waals surface area (Å²) in [7, 11) is 1.55. The summed E-state index contributed by atoms with van der Waals surface area (Å²) in [5.74, 6) is -0.0639. The standard InChI is InChI=1S/C26H26Cl2N2O3/c1-18-11-13-20(14-12-18)33-17-25(31)30(16-21-22(27)9-6-10-23(21)28)24(26(32)29-2)15-19-7-4-3-5-8-19/h3-14,24H,15-17H2,1-2H3,(H,29,32)/t24-/m0/s1. The number of ether oxygens (including phenoxy) is 1. The van der Waals surface area contributed by atoms with Crippen LogP contribution in [-0.4, -0.2) is 36.4 Å². The molecule has 172 valence electrons. The Bertz CT molecular complexity index is 1070. The molecule has 3 rings (SSSR count). The SMILES string of the molecule is CNC(=O)[C@H](Cc1ccccc1)N(Cc1c(Cl)cccc1Cl)C(=O)COc1ccc(C)cc1. The van der Waals surface area contributed by atoms with Crippen LogP contribution in [0.15, 0.2) is 72.8 Å². The highest BCUT2D eigenvalue weighted by Gasteiger charge is 2.31. The fraction of sp³-hybridized carbons (Fsp3) is 0.231. The number of likely N-dealkylation sites (N-methyl/N-ethyl adjacent to an activating group) is 1. The predicted octanol–water partition coefficient (Wildman–Crippen LogP) is 5.07. The number of nitrogens with zero attached hydrogens (tertiary/aromatic N) is 1. The first-order chi connectivity index (χ1) is 15.9. The van der Waals surface area contributed by atoms with Crippen molar-refractivity contribution in [2.24, 2.45) is 0 Å². The monoisotopic (exact) mass is 484 g/mol. The van der Waals surface area contributed by atoms with E-state index in [2.05, 4.69) is 5.32 Å². The number of carbonyl (C=O) groups excluding carboxylic acids is 2. The Balaban J connectivity index is 1.91. The van der Waals surface area contributed by atoms with Gasteiger partial charge in [0.05, 0.1) is 0 Å². The zero-order chi connectivity index (χ0) is 23.8.